The number of carbonyl (C=O) groups excluding carboxylic acids is 1. The maximum Gasteiger partial charge on any atom is 0.287 e. The Bertz CT molecular complexity index is 369. The molecule has 0 aliphatic carbocycles. The van der Waals surface area contributed by atoms with Gasteiger partial charge in [0.2, 0.25) is 0 Å². The highest BCUT2D eigenvalue weighted by molar-refractivity contribution is 7.98. The van der Waals surface area contributed by atoms with Crippen LogP contribution in [-0.2, 0) is 6.54 Å². The summed E-state index contributed by atoms with van der Waals surface area (Å²) in [7, 11) is 2.07. The molecule has 0 aliphatic heterocycles. The highest BCUT2D eigenvalue weighted by Crippen LogP contribution is 1.98. The van der Waals surface area contributed by atoms with E-state index < -0.39 is 5.91 Å². The molecule has 1 aromatic heterocycles. The summed E-state index contributed by atoms with van der Waals surface area (Å²) in [4.78, 5) is 13.4. The van der Waals surface area contributed by atoms with Crippen LogP contribution in [0.1, 0.15) is 16.9 Å². The number of rotatable bonds is 8. The number of nitrogens with zero attached hydrogens (tertiary/aromatic N) is 4. The summed E-state index contributed by atoms with van der Waals surface area (Å²) in [6.07, 6.45) is 4.88. The van der Waals surface area contributed by atoms with Crippen LogP contribution in [0.5, 0.6) is 0 Å². The Morgan fingerprint density at radius 2 is 2.39 bits per heavy atom. The van der Waals surface area contributed by atoms with Gasteiger partial charge in [-0.1, -0.05) is 5.21 Å². The van der Waals surface area contributed by atoms with Crippen molar-refractivity contribution >= 4 is 17.7 Å². The second-order valence-electron chi connectivity index (χ2n) is 3.99. The molecule has 102 valence electrons. The molecular formula is C10H20N6OS. The monoisotopic (exact) mass is 272 g/mol. The van der Waals surface area contributed by atoms with Crippen LogP contribution in [0.15, 0.2) is 6.20 Å². The Labute approximate surface area is 111 Å². The number of hydrogen-bond donors (Lipinski definition) is 2. The molecule has 1 heterocycles. The summed E-state index contributed by atoms with van der Waals surface area (Å²) < 4.78 is 1.65. The van der Waals surface area contributed by atoms with Gasteiger partial charge < -0.3 is 4.90 Å². The number of hydrogen-bond acceptors (Lipinski definition) is 6. The molecule has 0 saturated heterocycles. The minimum Gasteiger partial charge on any atom is -0.304 e. The molecule has 1 amide bonds. The van der Waals surface area contributed by atoms with Crippen LogP contribution in [0.25, 0.3) is 0 Å². The third-order valence-corrected chi connectivity index (χ3v) is 3.20. The number of carbonyl (C=O) groups is 1. The molecule has 1 aromatic rings. The molecule has 1 rings (SSSR count). The second-order valence-corrected chi connectivity index (χ2v) is 4.98. The molecule has 0 fully saturated rings. The molecule has 0 spiro atoms. The molecule has 0 aliphatic rings. The van der Waals surface area contributed by atoms with E-state index in [1.54, 1.807) is 10.9 Å². The number of nitrogens with two attached hydrogens (primary N) is 1. The molecule has 0 aromatic carbocycles. The van der Waals surface area contributed by atoms with Crippen LogP contribution in [0.4, 0.5) is 0 Å². The lowest BCUT2D eigenvalue weighted by Gasteiger charge is -2.15. The number of amides is 1. The Kier molecular flexibility index (Phi) is 6.69. The molecular weight excluding hydrogens is 252 g/mol. The van der Waals surface area contributed by atoms with Gasteiger partial charge in [0, 0.05) is 6.54 Å². The Morgan fingerprint density at radius 3 is 3.06 bits per heavy atom. The summed E-state index contributed by atoms with van der Waals surface area (Å²) in [5, 5.41) is 7.61. The fraction of sp³-hybridized carbons (Fsp3) is 0.700. The average Bonchev–Trinajstić information content (AvgIpc) is 2.84. The van der Waals surface area contributed by atoms with Gasteiger partial charge in [-0.05, 0) is 32.0 Å². The minimum atomic E-state index is -0.422. The first-order valence-electron chi connectivity index (χ1n) is 5.76. The molecule has 0 bridgehead atoms. The van der Waals surface area contributed by atoms with E-state index in [0.717, 1.165) is 13.1 Å². The van der Waals surface area contributed by atoms with Crippen LogP contribution in [0.3, 0.4) is 0 Å². The van der Waals surface area contributed by atoms with Crippen molar-refractivity contribution in [3.8, 4) is 0 Å². The first kappa shape index (κ1) is 14.9. The molecule has 8 heteroatoms. The van der Waals surface area contributed by atoms with Gasteiger partial charge in [-0.15, -0.1) is 5.10 Å². The van der Waals surface area contributed by atoms with Crippen molar-refractivity contribution in [3.63, 3.8) is 0 Å². The first-order chi connectivity index (χ1) is 8.67. The molecule has 18 heavy (non-hydrogen) atoms. The zero-order valence-electron chi connectivity index (χ0n) is 10.8. The molecule has 0 atom stereocenters. The summed E-state index contributed by atoms with van der Waals surface area (Å²) in [6, 6.07) is 0. The largest absolute Gasteiger partial charge is 0.304 e. The van der Waals surface area contributed by atoms with E-state index in [1.807, 2.05) is 17.2 Å². The van der Waals surface area contributed by atoms with Gasteiger partial charge in [0.1, 0.15) is 0 Å². The summed E-state index contributed by atoms with van der Waals surface area (Å²) >= 11 is 1.86. The average molecular weight is 272 g/mol. The van der Waals surface area contributed by atoms with E-state index >= 15 is 0 Å². The summed E-state index contributed by atoms with van der Waals surface area (Å²) in [5.74, 6) is 5.77. The molecule has 0 saturated carbocycles. The van der Waals surface area contributed by atoms with Crippen molar-refractivity contribution in [3.05, 3.63) is 11.9 Å². The van der Waals surface area contributed by atoms with Crippen molar-refractivity contribution < 1.29 is 4.79 Å². The highest BCUT2D eigenvalue weighted by atomic mass is 32.2. The van der Waals surface area contributed by atoms with E-state index in [0.29, 0.717) is 6.54 Å². The van der Waals surface area contributed by atoms with Gasteiger partial charge >= 0.3 is 0 Å². The molecule has 7 nitrogen and oxygen atoms in total. The smallest absolute Gasteiger partial charge is 0.287 e. The van der Waals surface area contributed by atoms with Crippen LogP contribution < -0.4 is 11.3 Å². The second kappa shape index (κ2) is 8.06. The van der Waals surface area contributed by atoms with Gasteiger partial charge in [-0.2, -0.15) is 11.8 Å². The van der Waals surface area contributed by atoms with Crippen molar-refractivity contribution in [2.75, 3.05) is 32.1 Å². The zero-order chi connectivity index (χ0) is 13.4. The predicted octanol–water partition coefficient (Wildman–Crippen LogP) is -0.433. The Morgan fingerprint density at radius 1 is 1.61 bits per heavy atom. The summed E-state index contributed by atoms with van der Waals surface area (Å²) in [5.41, 5.74) is 2.26. The first-order valence-corrected chi connectivity index (χ1v) is 7.15. The number of nitrogen functional groups attached to an aromatic ring is 1. The standard InChI is InChI=1S/C10H20N6OS/c1-15(4-3-7-18-2)5-6-16-8-9(13-14-16)10(17)12-11/h8H,3-7,11H2,1-2H3,(H,12,17). The van der Waals surface area contributed by atoms with Gasteiger partial charge in [-0.25, -0.2) is 5.84 Å². The summed E-state index contributed by atoms with van der Waals surface area (Å²) in [6.45, 7) is 2.65. The topological polar surface area (TPSA) is 89.1 Å². The predicted molar refractivity (Wildman–Crippen MR) is 72.2 cm³/mol. The third-order valence-electron chi connectivity index (χ3n) is 2.50. The lowest BCUT2D eigenvalue weighted by Crippen LogP contribution is -2.30. The zero-order valence-corrected chi connectivity index (χ0v) is 11.6. The molecule has 3 N–H and O–H groups in total. The molecule has 0 radical (unpaired) electrons. The SMILES string of the molecule is CSCCCN(C)CCn1cc(C(=O)NN)nn1. The fourth-order valence-electron chi connectivity index (χ4n) is 1.45. The maximum absolute atomic E-state index is 11.2. The van der Waals surface area contributed by atoms with Crippen molar-refractivity contribution in [2.45, 2.75) is 13.0 Å². The highest BCUT2D eigenvalue weighted by Gasteiger charge is 2.08. The van der Waals surface area contributed by atoms with E-state index in [2.05, 4.69) is 28.5 Å². The number of aromatic nitrogens is 3. The quantitative estimate of drug-likeness (QED) is 0.289. The van der Waals surface area contributed by atoms with Gasteiger partial charge in [0.15, 0.2) is 5.69 Å². The van der Waals surface area contributed by atoms with Crippen molar-refractivity contribution in [2.24, 2.45) is 5.84 Å². The van der Waals surface area contributed by atoms with Crippen molar-refractivity contribution in [1.29, 1.82) is 0 Å². The van der Waals surface area contributed by atoms with Crippen LogP contribution >= 0.6 is 11.8 Å². The maximum atomic E-state index is 11.2. The number of hydrazine groups is 1. The van der Waals surface area contributed by atoms with E-state index in [1.165, 1.54) is 12.2 Å². The number of thioether (sulfide) groups is 1. The Hall–Kier alpha value is -1.12. The minimum absolute atomic E-state index is 0.238. The van der Waals surface area contributed by atoms with Crippen LogP contribution in [0, 0.1) is 0 Å². The number of nitrogens with one attached hydrogen (secondary N) is 1. The molecule has 0 unspecified atom stereocenters. The van der Waals surface area contributed by atoms with Gasteiger partial charge in [-0.3, -0.25) is 14.9 Å². The Balaban J connectivity index is 2.30. The third kappa shape index (κ3) is 5.03. The lowest BCUT2D eigenvalue weighted by molar-refractivity contribution is 0.0948. The van der Waals surface area contributed by atoms with Crippen LogP contribution in [0.2, 0.25) is 0 Å². The number of likely N-dealkylation sites (N-methyl/N-ethyl adjacent to an activating group) is 1. The van der Waals surface area contributed by atoms with Gasteiger partial charge in [0.25, 0.3) is 5.91 Å². The van der Waals surface area contributed by atoms with E-state index in [4.69, 9.17) is 5.84 Å². The fourth-order valence-corrected chi connectivity index (χ4v) is 1.87. The lowest BCUT2D eigenvalue weighted by atomic mass is 10.4. The van der Waals surface area contributed by atoms with E-state index in [-0.39, 0.29) is 5.69 Å². The van der Waals surface area contributed by atoms with Crippen molar-refractivity contribution in [1.82, 2.24) is 25.3 Å². The van der Waals surface area contributed by atoms with Crippen LogP contribution in [-0.4, -0.2) is 57.9 Å². The van der Waals surface area contributed by atoms with Gasteiger partial charge in [0.05, 0.1) is 12.7 Å². The normalized spacial score (nSPS) is 10.9. The van der Waals surface area contributed by atoms with E-state index in [9.17, 15) is 4.79 Å².